The molecule has 0 bridgehead atoms. The van der Waals surface area contributed by atoms with E-state index in [0.717, 1.165) is 0 Å². The van der Waals surface area contributed by atoms with Crippen LogP contribution in [0.2, 0.25) is 0 Å². The van der Waals surface area contributed by atoms with Crippen LogP contribution >= 0.6 is 0 Å². The summed E-state index contributed by atoms with van der Waals surface area (Å²) in [5, 5.41) is 0. The van der Waals surface area contributed by atoms with Gasteiger partial charge in [-0.3, -0.25) is 24.2 Å². The van der Waals surface area contributed by atoms with Gasteiger partial charge in [-0.15, -0.1) is 0 Å². The third-order valence-electron chi connectivity index (χ3n) is 2.65. The number of nitrogens with zero attached hydrogens (tertiary/aromatic N) is 2. The van der Waals surface area contributed by atoms with Gasteiger partial charge < -0.3 is 14.2 Å². The fraction of sp³-hybridized carbons (Fsp3) is 0.786. The molecule has 0 aliphatic carbocycles. The van der Waals surface area contributed by atoms with E-state index in [1.807, 2.05) is 16.8 Å². The Labute approximate surface area is 131 Å². The zero-order chi connectivity index (χ0) is 17.0. The van der Waals surface area contributed by atoms with E-state index in [9.17, 15) is 14.4 Å². The molecule has 0 N–H and O–H groups in total. The van der Waals surface area contributed by atoms with Gasteiger partial charge in [0.15, 0.2) is 0 Å². The molecule has 22 heavy (non-hydrogen) atoms. The van der Waals surface area contributed by atoms with Crippen molar-refractivity contribution in [3.05, 3.63) is 0 Å². The van der Waals surface area contributed by atoms with Crippen molar-refractivity contribution in [1.29, 1.82) is 0 Å². The molecule has 0 spiro atoms. The van der Waals surface area contributed by atoms with Crippen LogP contribution in [-0.4, -0.2) is 80.9 Å². The summed E-state index contributed by atoms with van der Waals surface area (Å²) in [6.45, 7) is 7.14. The highest BCUT2D eigenvalue weighted by atomic mass is 16.5. The Morgan fingerprint density at radius 2 is 1.09 bits per heavy atom. The fourth-order valence-corrected chi connectivity index (χ4v) is 1.65. The summed E-state index contributed by atoms with van der Waals surface area (Å²) in [6.07, 6.45) is 0. The average Bonchev–Trinajstić information content (AvgIpc) is 2.36. The number of likely N-dealkylation sites (N-methyl/N-ethyl adjacent to an activating group) is 1. The van der Waals surface area contributed by atoms with Gasteiger partial charge in [0.25, 0.3) is 0 Å². The lowest BCUT2D eigenvalue weighted by Gasteiger charge is -2.27. The highest BCUT2D eigenvalue weighted by Crippen LogP contribution is 1.95. The number of carbonyl (C=O) groups excluding carboxylic acids is 3. The van der Waals surface area contributed by atoms with Crippen molar-refractivity contribution < 1.29 is 28.6 Å². The Hall–Kier alpha value is -1.67. The molecule has 128 valence electrons. The van der Waals surface area contributed by atoms with Gasteiger partial charge in [0.05, 0.1) is 6.67 Å². The number of carbonyl (C=O) groups is 3. The molecular weight excluding hydrogens is 292 g/mol. The molecule has 0 aromatic heterocycles. The molecule has 8 nitrogen and oxygen atoms in total. The zero-order valence-corrected chi connectivity index (χ0v) is 13.8. The summed E-state index contributed by atoms with van der Waals surface area (Å²) in [5.74, 6) is -0.971. The fourth-order valence-electron chi connectivity index (χ4n) is 1.65. The van der Waals surface area contributed by atoms with Gasteiger partial charge in [0.1, 0.15) is 19.8 Å². The third-order valence-corrected chi connectivity index (χ3v) is 2.65. The second kappa shape index (κ2) is 11.9. The van der Waals surface area contributed by atoms with Crippen molar-refractivity contribution in [3.8, 4) is 0 Å². The van der Waals surface area contributed by atoms with Crippen molar-refractivity contribution in [1.82, 2.24) is 9.80 Å². The van der Waals surface area contributed by atoms with Gasteiger partial charge in [-0.25, -0.2) is 0 Å². The van der Waals surface area contributed by atoms with Gasteiger partial charge >= 0.3 is 17.9 Å². The highest BCUT2D eigenvalue weighted by molar-refractivity contribution is 5.66. The number of rotatable bonds is 11. The molecular formula is C14H26N2O6. The Bertz CT molecular complexity index is 341. The standard InChI is InChI=1S/C14H26N2O6/c1-12(17)20-8-5-15(4)11-16(6-9-21-13(2)18)7-10-22-14(3)19/h5-11H2,1-4H3. The Kier molecular flexibility index (Phi) is 11.0. The van der Waals surface area contributed by atoms with Crippen molar-refractivity contribution >= 4 is 17.9 Å². The molecule has 0 aromatic rings. The van der Waals surface area contributed by atoms with Crippen molar-refractivity contribution in [2.24, 2.45) is 0 Å². The zero-order valence-electron chi connectivity index (χ0n) is 13.8. The quantitative estimate of drug-likeness (QED) is 0.296. The normalized spacial score (nSPS) is 10.6. The van der Waals surface area contributed by atoms with Crippen LogP contribution in [0.15, 0.2) is 0 Å². The lowest BCUT2D eigenvalue weighted by Crippen LogP contribution is -2.41. The molecule has 0 radical (unpaired) electrons. The molecule has 0 fully saturated rings. The first kappa shape index (κ1) is 20.3. The number of hydrogen-bond donors (Lipinski definition) is 0. The van der Waals surface area contributed by atoms with E-state index >= 15 is 0 Å². The van der Waals surface area contributed by atoms with Gasteiger partial charge in [-0.2, -0.15) is 0 Å². The monoisotopic (exact) mass is 318 g/mol. The molecule has 0 saturated carbocycles. The largest absolute Gasteiger partial charge is 0.465 e. The number of hydrogen-bond acceptors (Lipinski definition) is 8. The predicted octanol–water partition coefficient (Wildman–Crippen LogP) is -0.133. The molecule has 8 heteroatoms. The highest BCUT2D eigenvalue weighted by Gasteiger charge is 2.10. The summed E-state index contributed by atoms with van der Waals surface area (Å²) in [7, 11) is 1.88. The number of ether oxygens (including phenoxy) is 3. The van der Waals surface area contributed by atoms with Crippen LogP contribution in [0.25, 0.3) is 0 Å². The van der Waals surface area contributed by atoms with Crippen LogP contribution in [0.3, 0.4) is 0 Å². The molecule has 0 rings (SSSR count). The van der Waals surface area contributed by atoms with Crippen LogP contribution in [0.4, 0.5) is 0 Å². The summed E-state index contributed by atoms with van der Waals surface area (Å²) in [6, 6.07) is 0. The predicted molar refractivity (Wildman–Crippen MR) is 79.0 cm³/mol. The van der Waals surface area contributed by atoms with Gasteiger partial charge in [-0.05, 0) is 7.05 Å². The van der Waals surface area contributed by atoms with Crippen molar-refractivity contribution in [3.63, 3.8) is 0 Å². The lowest BCUT2D eigenvalue weighted by atomic mass is 10.5. The molecule has 0 saturated heterocycles. The topological polar surface area (TPSA) is 85.4 Å². The molecule has 0 heterocycles. The second-order valence-electron chi connectivity index (χ2n) is 4.86. The summed E-state index contributed by atoms with van der Waals surface area (Å²) < 4.78 is 14.7. The molecule has 0 atom stereocenters. The van der Waals surface area contributed by atoms with E-state index in [-0.39, 0.29) is 31.1 Å². The van der Waals surface area contributed by atoms with E-state index < -0.39 is 0 Å². The summed E-state index contributed by atoms with van der Waals surface area (Å²) in [5.41, 5.74) is 0. The smallest absolute Gasteiger partial charge is 0.302 e. The van der Waals surface area contributed by atoms with Crippen LogP contribution in [0.5, 0.6) is 0 Å². The first-order valence-electron chi connectivity index (χ1n) is 7.12. The average molecular weight is 318 g/mol. The molecule has 0 aromatic carbocycles. The first-order valence-corrected chi connectivity index (χ1v) is 7.12. The number of esters is 3. The van der Waals surface area contributed by atoms with Crippen LogP contribution in [-0.2, 0) is 28.6 Å². The maximum Gasteiger partial charge on any atom is 0.302 e. The van der Waals surface area contributed by atoms with Gasteiger partial charge in [0.2, 0.25) is 0 Å². The van der Waals surface area contributed by atoms with E-state index in [2.05, 4.69) is 0 Å². The molecule has 0 amide bonds. The van der Waals surface area contributed by atoms with E-state index in [1.54, 1.807) is 0 Å². The van der Waals surface area contributed by atoms with Crippen LogP contribution in [0.1, 0.15) is 20.8 Å². The van der Waals surface area contributed by atoms with E-state index in [0.29, 0.717) is 32.9 Å². The van der Waals surface area contributed by atoms with Gasteiger partial charge in [0, 0.05) is 40.4 Å². The molecule has 0 aliphatic heterocycles. The molecule has 0 aliphatic rings. The van der Waals surface area contributed by atoms with E-state index in [4.69, 9.17) is 14.2 Å². The summed E-state index contributed by atoms with van der Waals surface area (Å²) in [4.78, 5) is 36.2. The Balaban J connectivity index is 4.14. The maximum atomic E-state index is 10.8. The minimum Gasteiger partial charge on any atom is -0.465 e. The first-order chi connectivity index (χ1) is 10.3. The van der Waals surface area contributed by atoms with E-state index in [1.165, 1.54) is 20.8 Å². The summed E-state index contributed by atoms with van der Waals surface area (Å²) >= 11 is 0. The maximum absolute atomic E-state index is 10.8. The van der Waals surface area contributed by atoms with Crippen LogP contribution < -0.4 is 0 Å². The lowest BCUT2D eigenvalue weighted by molar-refractivity contribution is -0.142. The Morgan fingerprint density at radius 3 is 1.45 bits per heavy atom. The molecule has 0 unspecified atom stereocenters. The van der Waals surface area contributed by atoms with Gasteiger partial charge in [-0.1, -0.05) is 0 Å². The minimum atomic E-state index is -0.330. The minimum absolute atomic E-state index is 0.271. The SMILES string of the molecule is CC(=O)OCCN(C)CN(CCOC(C)=O)CCOC(C)=O. The van der Waals surface area contributed by atoms with Crippen molar-refractivity contribution in [2.45, 2.75) is 20.8 Å². The van der Waals surface area contributed by atoms with Crippen molar-refractivity contribution in [2.75, 3.05) is 53.2 Å². The Morgan fingerprint density at radius 1 is 0.727 bits per heavy atom. The third kappa shape index (κ3) is 13.3. The second-order valence-corrected chi connectivity index (χ2v) is 4.86. The van der Waals surface area contributed by atoms with Crippen LogP contribution in [0, 0.1) is 0 Å².